The van der Waals surface area contributed by atoms with Gasteiger partial charge in [0.2, 0.25) is 11.8 Å². The number of carbonyl (C=O) groups excluding carboxylic acids is 3. The van der Waals surface area contributed by atoms with Gasteiger partial charge in [0.1, 0.15) is 6.33 Å². The molecule has 0 aliphatic carbocycles. The van der Waals surface area contributed by atoms with Gasteiger partial charge in [0.05, 0.1) is 11.4 Å². The van der Waals surface area contributed by atoms with Gasteiger partial charge in [-0.2, -0.15) is 0 Å². The van der Waals surface area contributed by atoms with Crippen molar-refractivity contribution in [3.05, 3.63) is 35.8 Å². The van der Waals surface area contributed by atoms with E-state index in [0.717, 1.165) is 11.8 Å². The maximum atomic E-state index is 12.0. The van der Waals surface area contributed by atoms with Gasteiger partial charge in [-0.3, -0.25) is 19.7 Å². The predicted molar refractivity (Wildman–Crippen MR) is 70.1 cm³/mol. The van der Waals surface area contributed by atoms with Gasteiger partial charge in [-0.15, -0.1) is 0 Å². The topological polar surface area (TPSA) is 89.0 Å². The summed E-state index contributed by atoms with van der Waals surface area (Å²) in [5.74, 6) is -0.983. The second-order valence-corrected chi connectivity index (χ2v) is 4.65. The molecule has 1 N–H and O–H groups in total. The molecule has 2 heterocycles. The average Bonchev–Trinajstić information content (AvgIpc) is 2.47. The normalized spacial score (nSPS) is 18.9. The summed E-state index contributed by atoms with van der Waals surface area (Å²) in [5, 5.41) is 3.01. The van der Waals surface area contributed by atoms with Gasteiger partial charge < -0.3 is 0 Å². The third-order valence-corrected chi connectivity index (χ3v) is 3.48. The first-order chi connectivity index (χ1) is 9.70. The van der Waals surface area contributed by atoms with Crippen LogP contribution in [0.3, 0.4) is 0 Å². The Morgan fingerprint density at radius 1 is 1.30 bits per heavy atom. The summed E-state index contributed by atoms with van der Waals surface area (Å²) >= 11 is 0. The van der Waals surface area contributed by atoms with Gasteiger partial charge in [0, 0.05) is 23.6 Å². The van der Waals surface area contributed by atoms with E-state index < -0.39 is 5.92 Å². The molecule has 3 rings (SSSR count). The molecule has 1 aliphatic heterocycles. The van der Waals surface area contributed by atoms with Crippen molar-refractivity contribution in [3.8, 4) is 0 Å². The largest absolute Gasteiger partial charge is 0.298 e. The number of aldehydes is 1. The van der Waals surface area contributed by atoms with Gasteiger partial charge in [-0.25, -0.2) is 9.97 Å². The van der Waals surface area contributed by atoms with Gasteiger partial charge in [-0.05, 0) is 18.1 Å². The monoisotopic (exact) mass is 269 g/mol. The maximum absolute atomic E-state index is 12.0. The van der Waals surface area contributed by atoms with E-state index in [1.54, 1.807) is 18.3 Å². The lowest BCUT2D eigenvalue weighted by atomic mass is 9.87. The molecular formula is C14H11N3O3. The fraction of sp³-hybridized carbons (Fsp3) is 0.214. The van der Waals surface area contributed by atoms with Crippen molar-refractivity contribution >= 4 is 29.0 Å². The Kier molecular flexibility index (Phi) is 2.98. The minimum absolute atomic E-state index is 0.253. The molecule has 2 aromatic rings. The minimum Gasteiger partial charge on any atom is -0.298 e. The first-order valence-electron chi connectivity index (χ1n) is 6.22. The number of hydrogen-bond acceptors (Lipinski definition) is 5. The quantitative estimate of drug-likeness (QED) is 0.648. The molecule has 0 radical (unpaired) electrons. The molecule has 1 fully saturated rings. The Hall–Kier alpha value is -2.63. The van der Waals surface area contributed by atoms with E-state index in [9.17, 15) is 14.4 Å². The van der Waals surface area contributed by atoms with Crippen LogP contribution < -0.4 is 5.32 Å². The van der Waals surface area contributed by atoms with Crippen LogP contribution in [0.4, 0.5) is 0 Å². The molecule has 6 heteroatoms. The number of benzene rings is 1. The Morgan fingerprint density at radius 2 is 2.15 bits per heavy atom. The van der Waals surface area contributed by atoms with E-state index in [-0.39, 0.29) is 11.8 Å². The highest BCUT2D eigenvalue weighted by molar-refractivity contribution is 6.04. The molecule has 2 amide bonds. The summed E-state index contributed by atoms with van der Waals surface area (Å²) < 4.78 is 0. The molecule has 1 aromatic carbocycles. The highest BCUT2D eigenvalue weighted by atomic mass is 16.2. The first-order valence-corrected chi connectivity index (χ1v) is 6.22. The molecule has 1 saturated heterocycles. The molecule has 100 valence electrons. The molecular weight excluding hydrogens is 258 g/mol. The number of rotatable bonds is 2. The van der Waals surface area contributed by atoms with Crippen LogP contribution in [-0.2, 0) is 9.59 Å². The maximum Gasteiger partial charge on any atom is 0.234 e. The van der Waals surface area contributed by atoms with Crippen molar-refractivity contribution in [1.82, 2.24) is 15.3 Å². The van der Waals surface area contributed by atoms with E-state index in [2.05, 4.69) is 15.3 Å². The molecule has 0 spiro atoms. The number of piperidine rings is 1. The number of carbonyl (C=O) groups is 3. The van der Waals surface area contributed by atoms with Crippen LogP contribution in [0, 0.1) is 0 Å². The summed E-state index contributed by atoms with van der Waals surface area (Å²) in [4.78, 5) is 42.3. The lowest BCUT2D eigenvalue weighted by Crippen LogP contribution is -2.39. The van der Waals surface area contributed by atoms with Crippen molar-refractivity contribution in [2.45, 2.75) is 18.8 Å². The number of hydrogen-bond donors (Lipinski definition) is 1. The van der Waals surface area contributed by atoms with E-state index in [4.69, 9.17) is 0 Å². The van der Waals surface area contributed by atoms with Gasteiger partial charge >= 0.3 is 0 Å². The van der Waals surface area contributed by atoms with E-state index in [0.29, 0.717) is 29.3 Å². The van der Waals surface area contributed by atoms with Crippen LogP contribution >= 0.6 is 0 Å². The van der Waals surface area contributed by atoms with Gasteiger partial charge in [0.15, 0.2) is 6.29 Å². The molecule has 1 aliphatic rings. The highest BCUT2D eigenvalue weighted by Gasteiger charge is 2.29. The standard InChI is InChI=1S/C14H11N3O3/c18-6-8-1-2-9(11-5-15-7-16-13(8)11)10-3-4-12(19)17-14(10)20/h1-2,5-7,10H,3-4H2,(H,17,19,20). The number of aromatic nitrogens is 2. The molecule has 0 bridgehead atoms. The van der Waals surface area contributed by atoms with Crippen molar-refractivity contribution in [2.24, 2.45) is 0 Å². The smallest absolute Gasteiger partial charge is 0.234 e. The second-order valence-electron chi connectivity index (χ2n) is 4.65. The minimum atomic E-state index is -0.415. The molecule has 1 aromatic heterocycles. The molecule has 6 nitrogen and oxygen atoms in total. The van der Waals surface area contributed by atoms with Crippen LogP contribution in [0.5, 0.6) is 0 Å². The van der Waals surface area contributed by atoms with E-state index in [1.165, 1.54) is 6.33 Å². The van der Waals surface area contributed by atoms with Crippen molar-refractivity contribution in [3.63, 3.8) is 0 Å². The second kappa shape index (κ2) is 4.80. The summed E-state index contributed by atoms with van der Waals surface area (Å²) in [6.45, 7) is 0. The summed E-state index contributed by atoms with van der Waals surface area (Å²) in [6, 6.07) is 3.37. The molecule has 1 unspecified atom stereocenters. The highest BCUT2D eigenvalue weighted by Crippen LogP contribution is 2.30. The van der Waals surface area contributed by atoms with Crippen molar-refractivity contribution < 1.29 is 14.4 Å². The van der Waals surface area contributed by atoms with Crippen LogP contribution in [0.1, 0.15) is 34.7 Å². The zero-order valence-corrected chi connectivity index (χ0v) is 10.5. The Labute approximate surface area is 114 Å². The number of nitrogens with one attached hydrogen (secondary N) is 1. The SMILES string of the molecule is O=Cc1ccc(C2CCC(=O)NC2=O)c2cncnc12. The number of fused-ring (bicyclic) bond motifs is 1. The third-order valence-electron chi connectivity index (χ3n) is 3.48. The van der Waals surface area contributed by atoms with Crippen molar-refractivity contribution in [1.29, 1.82) is 0 Å². The average molecular weight is 269 g/mol. The fourth-order valence-corrected chi connectivity index (χ4v) is 2.51. The zero-order valence-electron chi connectivity index (χ0n) is 10.5. The first kappa shape index (κ1) is 12.4. The van der Waals surface area contributed by atoms with Gasteiger partial charge in [0.25, 0.3) is 0 Å². The van der Waals surface area contributed by atoms with E-state index in [1.807, 2.05) is 0 Å². The van der Waals surface area contributed by atoms with Crippen LogP contribution in [0.2, 0.25) is 0 Å². The zero-order chi connectivity index (χ0) is 14.1. The van der Waals surface area contributed by atoms with Crippen molar-refractivity contribution in [2.75, 3.05) is 0 Å². The number of nitrogens with zero attached hydrogens (tertiary/aromatic N) is 2. The van der Waals surface area contributed by atoms with Crippen LogP contribution in [0.15, 0.2) is 24.7 Å². The Bertz CT molecular complexity index is 727. The predicted octanol–water partition coefficient (Wildman–Crippen LogP) is 0.962. The Balaban J connectivity index is 2.15. The third kappa shape index (κ3) is 1.95. The van der Waals surface area contributed by atoms with E-state index >= 15 is 0 Å². The van der Waals surface area contributed by atoms with Crippen LogP contribution in [-0.4, -0.2) is 28.1 Å². The molecule has 1 atom stereocenters. The number of amides is 2. The van der Waals surface area contributed by atoms with Gasteiger partial charge in [-0.1, -0.05) is 6.07 Å². The molecule has 20 heavy (non-hydrogen) atoms. The Morgan fingerprint density at radius 3 is 2.90 bits per heavy atom. The number of imide groups is 1. The lowest BCUT2D eigenvalue weighted by molar-refractivity contribution is -0.134. The van der Waals surface area contributed by atoms with Crippen LogP contribution in [0.25, 0.3) is 10.9 Å². The summed E-state index contributed by atoms with van der Waals surface area (Å²) in [5.41, 5.74) is 1.73. The lowest BCUT2D eigenvalue weighted by Gasteiger charge is -2.22. The summed E-state index contributed by atoms with van der Waals surface area (Å²) in [7, 11) is 0. The summed E-state index contributed by atoms with van der Waals surface area (Å²) in [6.07, 6.45) is 4.44. The molecule has 0 saturated carbocycles. The fourth-order valence-electron chi connectivity index (χ4n) is 2.51.